The van der Waals surface area contributed by atoms with E-state index in [9.17, 15) is 10.1 Å². The van der Waals surface area contributed by atoms with E-state index in [0.29, 0.717) is 35.7 Å². The Kier molecular flexibility index (Phi) is 3.01. The first-order chi connectivity index (χ1) is 11.2. The van der Waals surface area contributed by atoms with Crippen LogP contribution in [-0.4, -0.2) is 12.6 Å². The van der Waals surface area contributed by atoms with Gasteiger partial charge >= 0.3 is 0 Å². The number of carbonyl (C=O) groups excluding carboxylic acids is 1. The van der Waals surface area contributed by atoms with E-state index in [-0.39, 0.29) is 24.0 Å². The molecule has 0 saturated carbocycles. The molecule has 0 fully saturated rings. The molecule has 4 rings (SSSR count). The van der Waals surface area contributed by atoms with Crippen molar-refractivity contribution in [2.75, 3.05) is 6.79 Å². The third-order valence-corrected chi connectivity index (χ3v) is 4.33. The highest BCUT2D eigenvalue weighted by atomic mass is 16.7. The number of Topliss-reactive ketones (excluding diaryl/α,β-unsaturated/α-hetero) is 1. The lowest BCUT2D eigenvalue weighted by Crippen LogP contribution is -2.27. The van der Waals surface area contributed by atoms with Crippen LogP contribution in [0, 0.1) is 11.3 Å². The molecule has 23 heavy (non-hydrogen) atoms. The average molecular weight is 310 g/mol. The van der Waals surface area contributed by atoms with Crippen molar-refractivity contribution >= 4 is 5.78 Å². The highest BCUT2D eigenvalue weighted by Gasteiger charge is 2.38. The minimum atomic E-state index is -0.508. The van der Waals surface area contributed by atoms with Gasteiger partial charge in [-0.2, -0.15) is 5.26 Å². The van der Waals surface area contributed by atoms with Crippen molar-refractivity contribution < 1.29 is 19.0 Å². The van der Waals surface area contributed by atoms with Gasteiger partial charge in [-0.05, 0) is 24.1 Å². The van der Waals surface area contributed by atoms with E-state index in [0.717, 1.165) is 12.0 Å². The van der Waals surface area contributed by atoms with Crippen molar-refractivity contribution in [3.05, 3.63) is 46.6 Å². The van der Waals surface area contributed by atoms with Crippen molar-refractivity contribution in [3.63, 3.8) is 0 Å². The fourth-order valence-corrected chi connectivity index (χ4v) is 3.28. The van der Waals surface area contributed by atoms with Gasteiger partial charge in [-0.25, -0.2) is 0 Å². The number of hydrogen-bond donors (Lipinski definition) is 1. The molecule has 1 aromatic carbocycles. The number of rotatable bonds is 1. The predicted octanol–water partition coefficient (Wildman–Crippen LogP) is 2.23. The summed E-state index contributed by atoms with van der Waals surface area (Å²) in [7, 11) is 0. The largest absolute Gasteiger partial charge is 0.454 e. The molecule has 2 N–H and O–H groups in total. The van der Waals surface area contributed by atoms with Crippen molar-refractivity contribution in [1.29, 1.82) is 5.26 Å². The van der Waals surface area contributed by atoms with Gasteiger partial charge in [-0.1, -0.05) is 6.07 Å². The summed E-state index contributed by atoms with van der Waals surface area (Å²) >= 11 is 0. The Morgan fingerprint density at radius 2 is 2.04 bits per heavy atom. The summed E-state index contributed by atoms with van der Waals surface area (Å²) in [5.74, 6) is 1.42. The van der Waals surface area contributed by atoms with E-state index < -0.39 is 5.92 Å². The Labute approximate surface area is 132 Å². The van der Waals surface area contributed by atoms with Crippen molar-refractivity contribution in [3.8, 4) is 17.6 Å². The minimum Gasteiger partial charge on any atom is -0.454 e. The fourth-order valence-electron chi connectivity index (χ4n) is 3.28. The number of fused-ring (bicyclic) bond motifs is 1. The molecule has 0 saturated heterocycles. The second-order valence-electron chi connectivity index (χ2n) is 5.65. The fraction of sp³-hybridized carbons (Fsp3) is 0.294. The molecular formula is C17H14N2O4. The van der Waals surface area contributed by atoms with Crippen LogP contribution in [0.4, 0.5) is 0 Å². The quantitative estimate of drug-likeness (QED) is 0.854. The van der Waals surface area contributed by atoms with Crippen LogP contribution in [0.25, 0.3) is 0 Å². The van der Waals surface area contributed by atoms with Gasteiger partial charge in [0.05, 0.1) is 5.92 Å². The van der Waals surface area contributed by atoms with Gasteiger partial charge < -0.3 is 19.9 Å². The standard InChI is InChI=1S/C17H14N2O4/c18-7-10-15(9-4-5-12-14(6-9)22-8-21-12)16-11(20)2-1-3-13(16)23-17(10)19/h4-6,15H,1-3,8,19H2. The number of nitrogens with two attached hydrogens (primary N) is 1. The van der Waals surface area contributed by atoms with Crippen LogP contribution in [0.1, 0.15) is 30.7 Å². The molecule has 6 heteroatoms. The van der Waals surface area contributed by atoms with Crippen molar-refractivity contribution in [2.24, 2.45) is 5.73 Å². The molecule has 2 aliphatic heterocycles. The van der Waals surface area contributed by atoms with E-state index in [1.807, 2.05) is 6.07 Å². The maximum atomic E-state index is 12.4. The molecule has 0 bridgehead atoms. The minimum absolute atomic E-state index is 0.00849. The SMILES string of the molecule is N#CC1=C(N)OC2=C(C(=O)CCC2)C1c1ccc2c(c1)OCO2. The Morgan fingerprint density at radius 1 is 1.22 bits per heavy atom. The van der Waals surface area contributed by atoms with E-state index in [2.05, 4.69) is 6.07 Å². The number of nitrogens with zero attached hydrogens (tertiary/aromatic N) is 1. The number of ketones is 1. The van der Waals surface area contributed by atoms with Crippen molar-refractivity contribution in [1.82, 2.24) is 0 Å². The van der Waals surface area contributed by atoms with Crippen molar-refractivity contribution in [2.45, 2.75) is 25.2 Å². The van der Waals surface area contributed by atoms with Gasteiger partial charge in [-0.15, -0.1) is 0 Å². The van der Waals surface area contributed by atoms with Crippen LogP contribution in [0.2, 0.25) is 0 Å². The zero-order chi connectivity index (χ0) is 16.0. The third kappa shape index (κ3) is 2.05. The molecule has 2 heterocycles. The zero-order valence-corrected chi connectivity index (χ0v) is 12.3. The molecule has 0 radical (unpaired) electrons. The lowest BCUT2D eigenvalue weighted by Gasteiger charge is -2.31. The zero-order valence-electron chi connectivity index (χ0n) is 12.3. The highest BCUT2D eigenvalue weighted by molar-refractivity contribution is 5.99. The summed E-state index contributed by atoms with van der Waals surface area (Å²) in [5, 5.41) is 9.51. The van der Waals surface area contributed by atoms with Crippen LogP contribution in [-0.2, 0) is 9.53 Å². The van der Waals surface area contributed by atoms with Gasteiger partial charge in [0, 0.05) is 18.4 Å². The van der Waals surface area contributed by atoms with Crippen LogP contribution < -0.4 is 15.2 Å². The van der Waals surface area contributed by atoms with Gasteiger partial charge in [0.1, 0.15) is 17.4 Å². The number of ether oxygens (including phenoxy) is 3. The van der Waals surface area contributed by atoms with Gasteiger partial charge in [0.15, 0.2) is 17.3 Å². The number of hydrogen-bond acceptors (Lipinski definition) is 6. The molecule has 1 unspecified atom stereocenters. The first kappa shape index (κ1) is 13.7. The normalized spacial score (nSPS) is 22.6. The lowest BCUT2D eigenvalue weighted by molar-refractivity contribution is -0.116. The first-order valence-corrected chi connectivity index (χ1v) is 7.42. The maximum absolute atomic E-state index is 12.4. The predicted molar refractivity (Wildman–Crippen MR) is 79.1 cm³/mol. The van der Waals surface area contributed by atoms with Crippen LogP contribution >= 0.6 is 0 Å². The van der Waals surface area contributed by atoms with Crippen LogP contribution in [0.3, 0.4) is 0 Å². The van der Waals surface area contributed by atoms with Gasteiger partial charge in [0.25, 0.3) is 0 Å². The van der Waals surface area contributed by atoms with E-state index >= 15 is 0 Å². The van der Waals surface area contributed by atoms with E-state index in [1.165, 1.54) is 0 Å². The number of allylic oxidation sites excluding steroid dienone is 3. The third-order valence-electron chi connectivity index (χ3n) is 4.33. The molecule has 1 atom stereocenters. The monoisotopic (exact) mass is 310 g/mol. The molecule has 1 aliphatic carbocycles. The highest BCUT2D eigenvalue weighted by Crippen LogP contribution is 2.45. The van der Waals surface area contributed by atoms with Gasteiger partial charge in [0.2, 0.25) is 12.7 Å². The molecule has 1 aromatic rings. The summed E-state index contributed by atoms with van der Waals surface area (Å²) in [4.78, 5) is 12.4. The smallest absolute Gasteiger partial charge is 0.231 e. The average Bonchev–Trinajstić information content (AvgIpc) is 3.01. The second kappa shape index (κ2) is 5.06. The first-order valence-electron chi connectivity index (χ1n) is 7.42. The Balaban J connectivity index is 1.88. The molecule has 0 amide bonds. The van der Waals surface area contributed by atoms with E-state index in [4.69, 9.17) is 19.9 Å². The second-order valence-corrected chi connectivity index (χ2v) is 5.65. The summed E-state index contributed by atoms with van der Waals surface area (Å²) in [6, 6.07) is 7.51. The van der Waals surface area contributed by atoms with E-state index in [1.54, 1.807) is 12.1 Å². The molecule has 6 nitrogen and oxygen atoms in total. The summed E-state index contributed by atoms with van der Waals surface area (Å²) < 4.78 is 16.3. The summed E-state index contributed by atoms with van der Waals surface area (Å²) in [5.41, 5.74) is 7.50. The topological polar surface area (TPSA) is 94.6 Å². The maximum Gasteiger partial charge on any atom is 0.231 e. The van der Waals surface area contributed by atoms with Crippen LogP contribution in [0.15, 0.2) is 41.0 Å². The molecule has 3 aliphatic rings. The Bertz CT molecular complexity index is 816. The number of nitriles is 1. The summed E-state index contributed by atoms with van der Waals surface area (Å²) in [6.45, 7) is 0.169. The summed E-state index contributed by atoms with van der Waals surface area (Å²) in [6.07, 6.45) is 1.85. The number of carbonyl (C=O) groups is 1. The molecular weight excluding hydrogens is 296 g/mol. The lowest BCUT2D eigenvalue weighted by atomic mass is 9.77. The molecule has 0 aromatic heterocycles. The molecule has 116 valence electrons. The number of benzene rings is 1. The Hall–Kier alpha value is -2.94. The van der Waals surface area contributed by atoms with Gasteiger partial charge in [-0.3, -0.25) is 4.79 Å². The Morgan fingerprint density at radius 3 is 2.87 bits per heavy atom. The van der Waals surface area contributed by atoms with Crippen LogP contribution in [0.5, 0.6) is 11.5 Å². The molecule has 0 spiro atoms.